The summed E-state index contributed by atoms with van der Waals surface area (Å²) in [5, 5.41) is 4.83. The van der Waals surface area contributed by atoms with Crippen molar-refractivity contribution < 1.29 is 4.79 Å². The molecule has 0 radical (unpaired) electrons. The predicted octanol–water partition coefficient (Wildman–Crippen LogP) is 4.35. The van der Waals surface area contributed by atoms with Crippen LogP contribution in [0.25, 0.3) is 0 Å². The first kappa shape index (κ1) is 22.6. The molecule has 160 valence electrons. The number of thiocarbonyl (C=S) groups is 1. The molecule has 0 aliphatic carbocycles. The van der Waals surface area contributed by atoms with Gasteiger partial charge in [0.05, 0.1) is 16.0 Å². The maximum Gasteiger partial charge on any atom is 0.227 e. The Morgan fingerprint density at radius 1 is 1.10 bits per heavy atom. The molecule has 5 nitrogen and oxygen atoms in total. The van der Waals surface area contributed by atoms with Gasteiger partial charge in [0.2, 0.25) is 5.91 Å². The van der Waals surface area contributed by atoms with Crippen molar-refractivity contribution in [1.29, 1.82) is 0 Å². The average Bonchev–Trinajstić information content (AvgIpc) is 2.85. The largest absolute Gasteiger partial charge is 0.346 e. The standard InChI is InChI=1S/C21H30Cl2N4OS/c1-16-15-27(21(29)24-17-6-7-18(22)19(23)14-17)13-12-26(20(16)28)11-5-10-25-8-3-2-4-9-25/h6-7,14,16H,2-5,8-13,15H2,1H3,(H,24,29). The third-order valence-electron chi connectivity index (χ3n) is 5.68. The Labute approximate surface area is 189 Å². The average molecular weight is 457 g/mol. The lowest BCUT2D eigenvalue weighted by Crippen LogP contribution is -2.39. The van der Waals surface area contributed by atoms with Crippen LogP contribution < -0.4 is 5.32 Å². The van der Waals surface area contributed by atoms with E-state index in [1.165, 1.54) is 32.4 Å². The van der Waals surface area contributed by atoms with Gasteiger partial charge in [0.1, 0.15) is 0 Å². The first-order valence-electron chi connectivity index (χ1n) is 10.5. The lowest BCUT2D eigenvalue weighted by atomic mass is 10.1. The summed E-state index contributed by atoms with van der Waals surface area (Å²) in [6.07, 6.45) is 4.99. The normalized spacial score (nSPS) is 21.2. The fraction of sp³-hybridized carbons (Fsp3) is 0.619. The highest BCUT2D eigenvalue weighted by Crippen LogP contribution is 2.25. The molecule has 1 atom stereocenters. The number of hydrogen-bond acceptors (Lipinski definition) is 3. The van der Waals surface area contributed by atoms with Crippen LogP contribution in [0.1, 0.15) is 32.6 Å². The number of nitrogens with zero attached hydrogens (tertiary/aromatic N) is 3. The Balaban J connectivity index is 1.51. The minimum Gasteiger partial charge on any atom is -0.346 e. The van der Waals surface area contributed by atoms with Crippen LogP contribution >= 0.6 is 35.4 Å². The monoisotopic (exact) mass is 456 g/mol. The second-order valence-corrected chi connectivity index (χ2v) is 9.19. The van der Waals surface area contributed by atoms with Gasteiger partial charge in [-0.3, -0.25) is 4.79 Å². The third kappa shape index (κ3) is 6.45. The molecular weight excluding hydrogens is 427 g/mol. The summed E-state index contributed by atoms with van der Waals surface area (Å²) < 4.78 is 0. The Hall–Kier alpha value is -1.08. The van der Waals surface area contributed by atoms with E-state index >= 15 is 0 Å². The van der Waals surface area contributed by atoms with Gasteiger partial charge < -0.3 is 20.0 Å². The van der Waals surface area contributed by atoms with Crippen LogP contribution in [0.2, 0.25) is 10.0 Å². The smallest absolute Gasteiger partial charge is 0.227 e. The number of benzene rings is 1. The summed E-state index contributed by atoms with van der Waals surface area (Å²) in [7, 11) is 0. The van der Waals surface area contributed by atoms with E-state index in [2.05, 4.69) is 15.1 Å². The molecule has 1 amide bonds. The number of amides is 1. The minimum absolute atomic E-state index is 0.0824. The summed E-state index contributed by atoms with van der Waals surface area (Å²) in [5.41, 5.74) is 0.797. The van der Waals surface area contributed by atoms with Gasteiger partial charge in [-0.15, -0.1) is 0 Å². The molecule has 1 N–H and O–H groups in total. The van der Waals surface area contributed by atoms with Gasteiger partial charge in [0.25, 0.3) is 0 Å². The number of anilines is 1. The number of likely N-dealkylation sites (tertiary alicyclic amines) is 1. The van der Waals surface area contributed by atoms with Crippen molar-refractivity contribution in [3.63, 3.8) is 0 Å². The molecule has 1 aromatic rings. The van der Waals surface area contributed by atoms with E-state index in [9.17, 15) is 4.79 Å². The summed E-state index contributed by atoms with van der Waals surface area (Å²) in [5.74, 6) is 0.143. The van der Waals surface area contributed by atoms with Gasteiger partial charge in [0.15, 0.2) is 5.11 Å². The Bertz CT molecular complexity index is 727. The second-order valence-electron chi connectivity index (χ2n) is 7.99. The summed E-state index contributed by atoms with van der Waals surface area (Å²) in [6.45, 7) is 8.34. The Morgan fingerprint density at radius 2 is 1.86 bits per heavy atom. The number of carbonyl (C=O) groups excluding carboxylic acids is 1. The highest BCUT2D eigenvalue weighted by Gasteiger charge is 2.28. The molecule has 1 aromatic carbocycles. The molecular formula is C21H30Cl2N4OS. The highest BCUT2D eigenvalue weighted by atomic mass is 35.5. The molecule has 0 spiro atoms. The van der Waals surface area contributed by atoms with E-state index in [1.54, 1.807) is 12.1 Å². The van der Waals surface area contributed by atoms with Crippen molar-refractivity contribution in [3.8, 4) is 0 Å². The molecule has 1 unspecified atom stereocenters. The number of nitrogens with one attached hydrogen (secondary N) is 1. The molecule has 0 aromatic heterocycles. The maximum atomic E-state index is 12.8. The summed E-state index contributed by atoms with van der Waals surface area (Å²) in [6, 6.07) is 5.35. The molecule has 2 saturated heterocycles. The van der Waals surface area contributed by atoms with Crippen molar-refractivity contribution in [2.45, 2.75) is 32.6 Å². The number of halogens is 2. The van der Waals surface area contributed by atoms with Gasteiger partial charge in [-0.25, -0.2) is 0 Å². The van der Waals surface area contributed by atoms with Crippen molar-refractivity contribution in [3.05, 3.63) is 28.2 Å². The fourth-order valence-corrected chi connectivity index (χ4v) is 4.60. The van der Waals surface area contributed by atoms with Gasteiger partial charge >= 0.3 is 0 Å². The number of carbonyl (C=O) groups is 1. The number of piperidine rings is 1. The molecule has 2 fully saturated rings. The van der Waals surface area contributed by atoms with Gasteiger partial charge in [-0.2, -0.15) is 0 Å². The van der Waals surface area contributed by atoms with Crippen LogP contribution in [0.15, 0.2) is 18.2 Å². The van der Waals surface area contributed by atoms with Crippen molar-refractivity contribution in [1.82, 2.24) is 14.7 Å². The van der Waals surface area contributed by atoms with E-state index < -0.39 is 0 Å². The zero-order valence-corrected chi connectivity index (χ0v) is 19.3. The molecule has 0 bridgehead atoms. The van der Waals surface area contributed by atoms with E-state index in [1.807, 2.05) is 17.9 Å². The van der Waals surface area contributed by atoms with E-state index in [0.29, 0.717) is 28.2 Å². The Morgan fingerprint density at radius 3 is 2.59 bits per heavy atom. The SMILES string of the molecule is CC1CN(C(=S)Nc2ccc(Cl)c(Cl)c2)CCN(CCCN2CCCCC2)C1=O. The molecule has 2 heterocycles. The van der Waals surface area contributed by atoms with Crippen molar-refractivity contribution in [2.24, 2.45) is 5.92 Å². The lowest BCUT2D eigenvalue weighted by molar-refractivity contribution is -0.134. The van der Waals surface area contributed by atoms with Crippen LogP contribution in [0.5, 0.6) is 0 Å². The lowest BCUT2D eigenvalue weighted by Gasteiger charge is -2.28. The summed E-state index contributed by atoms with van der Waals surface area (Å²) in [4.78, 5) is 19.4. The van der Waals surface area contributed by atoms with Crippen LogP contribution in [0.4, 0.5) is 5.69 Å². The molecule has 8 heteroatoms. The van der Waals surface area contributed by atoms with Crippen molar-refractivity contribution >= 4 is 52.1 Å². The topological polar surface area (TPSA) is 38.8 Å². The van der Waals surface area contributed by atoms with Crippen molar-refractivity contribution in [2.75, 3.05) is 51.1 Å². The fourth-order valence-electron chi connectivity index (χ4n) is 4.01. The molecule has 29 heavy (non-hydrogen) atoms. The molecule has 2 aliphatic heterocycles. The zero-order chi connectivity index (χ0) is 20.8. The van der Waals surface area contributed by atoms with Crippen LogP contribution in [0.3, 0.4) is 0 Å². The van der Waals surface area contributed by atoms with Gasteiger partial charge in [-0.1, -0.05) is 36.5 Å². The second kappa shape index (κ2) is 10.8. The van der Waals surface area contributed by atoms with E-state index in [4.69, 9.17) is 35.4 Å². The quantitative estimate of drug-likeness (QED) is 0.666. The minimum atomic E-state index is -0.0824. The summed E-state index contributed by atoms with van der Waals surface area (Å²) >= 11 is 17.7. The first-order valence-corrected chi connectivity index (χ1v) is 11.6. The van der Waals surface area contributed by atoms with E-state index in [0.717, 1.165) is 31.7 Å². The first-order chi connectivity index (χ1) is 13.9. The maximum absolute atomic E-state index is 12.8. The Kier molecular flexibility index (Phi) is 8.42. The third-order valence-corrected chi connectivity index (χ3v) is 6.78. The molecule has 3 rings (SSSR count). The molecule has 0 saturated carbocycles. The van der Waals surface area contributed by atoms with Crippen LogP contribution in [0, 0.1) is 5.92 Å². The van der Waals surface area contributed by atoms with Crippen LogP contribution in [-0.4, -0.2) is 71.5 Å². The molecule has 2 aliphatic rings. The van der Waals surface area contributed by atoms with Crippen LogP contribution in [-0.2, 0) is 4.79 Å². The number of hydrogen-bond donors (Lipinski definition) is 1. The van der Waals surface area contributed by atoms with E-state index in [-0.39, 0.29) is 11.8 Å². The van der Waals surface area contributed by atoms with Gasteiger partial charge in [0, 0.05) is 31.9 Å². The highest BCUT2D eigenvalue weighted by molar-refractivity contribution is 7.80. The zero-order valence-electron chi connectivity index (χ0n) is 17.0. The predicted molar refractivity (Wildman–Crippen MR) is 125 cm³/mol. The number of rotatable bonds is 5. The van der Waals surface area contributed by atoms with Gasteiger partial charge in [-0.05, 0) is 69.3 Å².